The molecule has 2 aromatic rings. The normalized spacial score (nSPS) is 16.6. The molecular formula is C22H29ClN4O2. The number of nitrogens with zero attached hydrogens (tertiary/aromatic N) is 2. The first-order valence-corrected chi connectivity index (χ1v) is 9.64. The van der Waals surface area contributed by atoms with Crippen LogP contribution in [0.1, 0.15) is 39.1 Å². The van der Waals surface area contributed by atoms with Crippen LogP contribution in [0.3, 0.4) is 0 Å². The van der Waals surface area contributed by atoms with E-state index >= 15 is 0 Å². The zero-order valence-corrected chi connectivity index (χ0v) is 17.7. The molecule has 3 rings (SSSR count). The van der Waals surface area contributed by atoms with Crippen molar-refractivity contribution in [2.24, 2.45) is 5.73 Å². The van der Waals surface area contributed by atoms with Crippen molar-refractivity contribution in [3.05, 3.63) is 65.2 Å². The monoisotopic (exact) mass is 416 g/mol. The molecule has 7 heteroatoms. The maximum Gasteiger partial charge on any atom is 0.255 e. The molecule has 0 saturated carbocycles. The molecule has 29 heavy (non-hydrogen) atoms. The first-order valence-electron chi connectivity index (χ1n) is 9.64. The van der Waals surface area contributed by atoms with Gasteiger partial charge in [0.2, 0.25) is 0 Å². The fourth-order valence-corrected chi connectivity index (χ4v) is 3.52. The zero-order valence-electron chi connectivity index (χ0n) is 16.9. The van der Waals surface area contributed by atoms with Gasteiger partial charge in [0.15, 0.2) is 0 Å². The Bertz CT molecular complexity index is 824. The molecule has 1 saturated heterocycles. The van der Waals surface area contributed by atoms with Crippen molar-refractivity contribution in [2.75, 3.05) is 32.5 Å². The number of benzene rings is 2. The second-order valence-electron chi connectivity index (χ2n) is 7.41. The summed E-state index contributed by atoms with van der Waals surface area (Å²) in [5, 5.41) is 2.86. The third-order valence-electron chi connectivity index (χ3n) is 5.31. The number of amides is 2. The number of hydrogen-bond donors (Lipinski definition) is 2. The fourth-order valence-electron chi connectivity index (χ4n) is 3.52. The minimum atomic E-state index is -0.190. The summed E-state index contributed by atoms with van der Waals surface area (Å²) < 4.78 is 0. The van der Waals surface area contributed by atoms with E-state index in [0.29, 0.717) is 23.4 Å². The van der Waals surface area contributed by atoms with Gasteiger partial charge in [-0.3, -0.25) is 9.59 Å². The van der Waals surface area contributed by atoms with Crippen LogP contribution in [0.4, 0.5) is 5.69 Å². The second-order valence-corrected chi connectivity index (χ2v) is 7.41. The Balaban J connectivity index is 0.00000300. The Morgan fingerprint density at radius 3 is 2.31 bits per heavy atom. The van der Waals surface area contributed by atoms with Gasteiger partial charge in [0.1, 0.15) is 0 Å². The SMILES string of the molecule is CN1CCCC(N(C)C(=O)c2ccc(NC(=O)c3ccc(CN)cc3)cc2)C1.Cl. The highest BCUT2D eigenvalue weighted by atomic mass is 35.5. The van der Waals surface area contributed by atoms with Gasteiger partial charge < -0.3 is 20.9 Å². The molecule has 2 aromatic carbocycles. The van der Waals surface area contributed by atoms with Gasteiger partial charge in [0, 0.05) is 43.0 Å². The second kappa shape index (κ2) is 10.4. The Morgan fingerprint density at radius 2 is 1.72 bits per heavy atom. The van der Waals surface area contributed by atoms with Crippen LogP contribution in [-0.4, -0.2) is 54.8 Å². The van der Waals surface area contributed by atoms with Gasteiger partial charge in [-0.2, -0.15) is 0 Å². The predicted octanol–water partition coefficient (Wildman–Crippen LogP) is 2.99. The van der Waals surface area contributed by atoms with Crippen molar-refractivity contribution in [1.29, 1.82) is 0 Å². The number of hydrogen-bond acceptors (Lipinski definition) is 4. The molecule has 1 unspecified atom stereocenters. The number of likely N-dealkylation sites (tertiary alicyclic amines) is 1. The molecule has 6 nitrogen and oxygen atoms in total. The van der Waals surface area contributed by atoms with Crippen LogP contribution in [0.15, 0.2) is 48.5 Å². The minimum absolute atomic E-state index is 0. The van der Waals surface area contributed by atoms with E-state index in [-0.39, 0.29) is 30.3 Å². The lowest BCUT2D eigenvalue weighted by atomic mass is 10.0. The topological polar surface area (TPSA) is 78.7 Å². The van der Waals surface area contributed by atoms with Gasteiger partial charge >= 0.3 is 0 Å². The van der Waals surface area contributed by atoms with Crippen molar-refractivity contribution in [3.8, 4) is 0 Å². The fraction of sp³-hybridized carbons (Fsp3) is 0.364. The van der Waals surface area contributed by atoms with Gasteiger partial charge in [-0.25, -0.2) is 0 Å². The van der Waals surface area contributed by atoms with Crippen LogP contribution in [0, 0.1) is 0 Å². The van der Waals surface area contributed by atoms with Crippen LogP contribution in [0.5, 0.6) is 0 Å². The van der Waals surface area contributed by atoms with Crippen LogP contribution in [0.25, 0.3) is 0 Å². The molecule has 0 bridgehead atoms. The number of carbonyl (C=O) groups excluding carboxylic acids is 2. The quantitative estimate of drug-likeness (QED) is 0.785. The molecule has 3 N–H and O–H groups in total. The summed E-state index contributed by atoms with van der Waals surface area (Å²) in [5.41, 5.74) is 8.41. The van der Waals surface area contributed by atoms with Crippen LogP contribution >= 0.6 is 12.4 Å². The molecule has 0 radical (unpaired) electrons. The summed E-state index contributed by atoms with van der Waals surface area (Å²) in [6, 6.07) is 14.5. The zero-order chi connectivity index (χ0) is 20.1. The Labute approximate surface area is 178 Å². The summed E-state index contributed by atoms with van der Waals surface area (Å²) in [6.45, 7) is 2.43. The Kier molecular flexibility index (Phi) is 8.20. The van der Waals surface area contributed by atoms with E-state index in [0.717, 1.165) is 31.5 Å². The number of rotatable bonds is 5. The average Bonchev–Trinajstić information content (AvgIpc) is 2.73. The van der Waals surface area contributed by atoms with Crippen molar-refractivity contribution < 1.29 is 9.59 Å². The van der Waals surface area contributed by atoms with Crippen molar-refractivity contribution in [2.45, 2.75) is 25.4 Å². The first kappa shape index (κ1) is 22.9. The molecular weight excluding hydrogens is 388 g/mol. The summed E-state index contributed by atoms with van der Waals surface area (Å²) in [5.74, 6) is -0.180. The summed E-state index contributed by atoms with van der Waals surface area (Å²) in [7, 11) is 3.96. The largest absolute Gasteiger partial charge is 0.337 e. The van der Waals surface area contributed by atoms with Crippen LogP contribution in [-0.2, 0) is 6.54 Å². The van der Waals surface area contributed by atoms with E-state index < -0.39 is 0 Å². The van der Waals surface area contributed by atoms with E-state index in [1.54, 1.807) is 36.4 Å². The summed E-state index contributed by atoms with van der Waals surface area (Å²) in [4.78, 5) is 29.2. The molecule has 0 aromatic heterocycles. The van der Waals surface area contributed by atoms with E-state index in [4.69, 9.17) is 5.73 Å². The highest BCUT2D eigenvalue weighted by Crippen LogP contribution is 2.18. The van der Waals surface area contributed by atoms with Gasteiger partial charge in [-0.05, 0) is 68.4 Å². The lowest BCUT2D eigenvalue weighted by molar-refractivity contribution is 0.0644. The predicted molar refractivity (Wildman–Crippen MR) is 119 cm³/mol. The van der Waals surface area contributed by atoms with E-state index in [1.807, 2.05) is 24.1 Å². The highest BCUT2D eigenvalue weighted by molar-refractivity contribution is 6.04. The number of halogens is 1. The van der Waals surface area contributed by atoms with E-state index in [1.165, 1.54) is 0 Å². The molecule has 1 fully saturated rings. The van der Waals surface area contributed by atoms with Gasteiger partial charge in [-0.15, -0.1) is 12.4 Å². The number of piperidine rings is 1. The van der Waals surface area contributed by atoms with E-state index in [9.17, 15) is 9.59 Å². The van der Waals surface area contributed by atoms with Gasteiger partial charge in [0.05, 0.1) is 0 Å². The van der Waals surface area contributed by atoms with Crippen molar-refractivity contribution >= 4 is 29.9 Å². The van der Waals surface area contributed by atoms with Crippen LogP contribution < -0.4 is 11.1 Å². The molecule has 0 spiro atoms. The van der Waals surface area contributed by atoms with E-state index in [2.05, 4.69) is 17.3 Å². The molecule has 1 heterocycles. The summed E-state index contributed by atoms with van der Waals surface area (Å²) >= 11 is 0. The molecule has 1 atom stereocenters. The third kappa shape index (κ3) is 5.79. The van der Waals surface area contributed by atoms with Crippen molar-refractivity contribution in [1.82, 2.24) is 9.80 Å². The Hall–Kier alpha value is -2.41. The maximum absolute atomic E-state index is 12.8. The molecule has 1 aliphatic heterocycles. The highest BCUT2D eigenvalue weighted by Gasteiger charge is 2.25. The molecule has 2 amide bonds. The molecule has 1 aliphatic rings. The number of likely N-dealkylation sites (N-methyl/N-ethyl adjacent to an activating group) is 2. The minimum Gasteiger partial charge on any atom is -0.337 e. The maximum atomic E-state index is 12.8. The smallest absolute Gasteiger partial charge is 0.255 e. The van der Waals surface area contributed by atoms with Gasteiger partial charge in [0.25, 0.3) is 11.8 Å². The van der Waals surface area contributed by atoms with Crippen molar-refractivity contribution in [3.63, 3.8) is 0 Å². The Morgan fingerprint density at radius 1 is 1.10 bits per heavy atom. The average molecular weight is 417 g/mol. The number of carbonyl (C=O) groups is 2. The molecule has 156 valence electrons. The van der Waals surface area contributed by atoms with Crippen LogP contribution in [0.2, 0.25) is 0 Å². The third-order valence-corrected chi connectivity index (χ3v) is 5.31. The number of nitrogens with two attached hydrogens (primary N) is 1. The molecule has 0 aliphatic carbocycles. The standard InChI is InChI=1S/C22H28N4O2.ClH/c1-25-13-3-4-20(15-25)26(2)22(28)18-9-11-19(12-10-18)24-21(27)17-7-5-16(14-23)6-8-17;/h5-12,20H,3-4,13-15,23H2,1-2H3,(H,24,27);1H. The lowest BCUT2D eigenvalue weighted by Crippen LogP contribution is -2.47. The number of nitrogens with one attached hydrogen (secondary N) is 1. The lowest BCUT2D eigenvalue weighted by Gasteiger charge is -2.35. The van der Waals surface area contributed by atoms with Gasteiger partial charge in [-0.1, -0.05) is 12.1 Å². The first-order chi connectivity index (χ1) is 13.5. The number of anilines is 1. The summed E-state index contributed by atoms with van der Waals surface area (Å²) in [6.07, 6.45) is 2.14.